The average molecular weight is 409 g/mol. The number of halogens is 1. The third-order valence-corrected chi connectivity index (χ3v) is 7.86. The van der Waals surface area contributed by atoms with Crippen LogP contribution in [0.4, 0.5) is 4.39 Å². The summed E-state index contributed by atoms with van der Waals surface area (Å²) in [5, 5.41) is 10.8. The summed E-state index contributed by atoms with van der Waals surface area (Å²) in [6.07, 6.45) is 6.80. The number of hydrogen-bond donors (Lipinski definition) is 1. The second-order valence-electron chi connectivity index (χ2n) is 9.61. The van der Waals surface area contributed by atoms with Crippen LogP contribution in [0, 0.1) is 5.82 Å². The number of piperidine rings is 2. The molecule has 30 heavy (non-hydrogen) atoms. The fraction of sp³-hybridized carbons (Fsp3) is 0.538. The molecule has 0 radical (unpaired) electrons. The molecule has 0 saturated carbocycles. The number of aryl methyl sites for hydroxylation is 1. The third-order valence-electron chi connectivity index (χ3n) is 7.86. The third kappa shape index (κ3) is 3.93. The molecular formula is C26H33FN2O. The molecule has 1 aliphatic carbocycles. The van der Waals surface area contributed by atoms with Crippen LogP contribution in [-0.4, -0.2) is 53.2 Å². The normalized spacial score (nSPS) is 27.1. The predicted octanol–water partition coefficient (Wildman–Crippen LogP) is 4.13. The highest BCUT2D eigenvalue weighted by Crippen LogP contribution is 2.45. The SMILES string of the molecule is OC1CCN(Cc2ccc(F)cc2)CC1N1CCC2(CCCc3ccccc32)CC1. The zero-order chi connectivity index (χ0) is 20.6. The predicted molar refractivity (Wildman–Crippen MR) is 118 cm³/mol. The van der Waals surface area contributed by atoms with Crippen LogP contribution in [0.3, 0.4) is 0 Å². The lowest BCUT2D eigenvalue weighted by Crippen LogP contribution is -2.58. The molecule has 3 aliphatic rings. The molecule has 3 nitrogen and oxygen atoms in total. The molecule has 2 aliphatic heterocycles. The summed E-state index contributed by atoms with van der Waals surface area (Å²) in [5.74, 6) is -0.183. The molecule has 2 atom stereocenters. The van der Waals surface area contributed by atoms with Gasteiger partial charge in [0, 0.05) is 25.7 Å². The van der Waals surface area contributed by atoms with Crippen molar-refractivity contribution in [3.63, 3.8) is 0 Å². The van der Waals surface area contributed by atoms with Gasteiger partial charge in [0.15, 0.2) is 0 Å². The van der Waals surface area contributed by atoms with Crippen molar-refractivity contribution in [3.05, 3.63) is 71.0 Å². The number of likely N-dealkylation sites (tertiary alicyclic amines) is 2. The smallest absolute Gasteiger partial charge is 0.123 e. The molecule has 2 fully saturated rings. The fourth-order valence-corrected chi connectivity index (χ4v) is 6.15. The summed E-state index contributed by atoms with van der Waals surface area (Å²) in [5.41, 5.74) is 4.64. The van der Waals surface area contributed by atoms with Gasteiger partial charge in [-0.15, -0.1) is 0 Å². The first-order valence-corrected chi connectivity index (χ1v) is 11.6. The van der Waals surface area contributed by atoms with E-state index in [2.05, 4.69) is 34.1 Å². The van der Waals surface area contributed by atoms with Gasteiger partial charge < -0.3 is 5.11 Å². The Hall–Kier alpha value is -1.75. The number of aliphatic hydroxyl groups is 1. The minimum absolute atomic E-state index is 0.183. The summed E-state index contributed by atoms with van der Waals surface area (Å²) in [6.45, 7) is 4.76. The molecule has 5 rings (SSSR count). The molecule has 2 aromatic rings. The van der Waals surface area contributed by atoms with E-state index in [1.54, 1.807) is 11.1 Å². The standard InChI is InChI=1S/C26H33FN2O/c27-22-9-7-20(8-10-22)18-28-15-11-25(30)24(19-28)29-16-13-26(14-17-29)12-3-5-21-4-1-2-6-23(21)26/h1-2,4,6-10,24-25,30H,3,5,11-19H2. The fourth-order valence-electron chi connectivity index (χ4n) is 6.15. The van der Waals surface area contributed by atoms with Gasteiger partial charge in [0.2, 0.25) is 0 Å². The molecule has 0 aromatic heterocycles. The van der Waals surface area contributed by atoms with Crippen molar-refractivity contribution < 1.29 is 9.50 Å². The number of fused-ring (bicyclic) bond motifs is 2. The molecule has 0 bridgehead atoms. The van der Waals surface area contributed by atoms with Crippen molar-refractivity contribution in [1.82, 2.24) is 9.80 Å². The lowest BCUT2D eigenvalue weighted by atomic mass is 9.64. The molecule has 2 aromatic carbocycles. The molecule has 4 heteroatoms. The van der Waals surface area contributed by atoms with Crippen LogP contribution in [-0.2, 0) is 18.4 Å². The molecule has 160 valence electrons. The Bertz CT molecular complexity index is 860. The van der Waals surface area contributed by atoms with E-state index in [1.165, 1.54) is 44.2 Å². The van der Waals surface area contributed by atoms with Crippen molar-refractivity contribution in [2.75, 3.05) is 26.2 Å². The maximum absolute atomic E-state index is 13.2. The first kappa shape index (κ1) is 20.2. The quantitative estimate of drug-likeness (QED) is 0.827. The van der Waals surface area contributed by atoms with E-state index in [0.717, 1.165) is 44.7 Å². The first-order valence-electron chi connectivity index (χ1n) is 11.6. The molecule has 0 amide bonds. The highest BCUT2D eigenvalue weighted by molar-refractivity contribution is 5.37. The van der Waals surface area contributed by atoms with E-state index in [0.29, 0.717) is 5.41 Å². The lowest BCUT2D eigenvalue weighted by molar-refractivity contribution is -0.0298. The van der Waals surface area contributed by atoms with Crippen molar-refractivity contribution in [2.45, 2.75) is 62.6 Å². The van der Waals surface area contributed by atoms with Gasteiger partial charge in [0.1, 0.15) is 5.82 Å². The summed E-state index contributed by atoms with van der Waals surface area (Å²) < 4.78 is 13.2. The van der Waals surface area contributed by atoms with Gasteiger partial charge in [-0.1, -0.05) is 36.4 Å². The van der Waals surface area contributed by atoms with Gasteiger partial charge in [-0.25, -0.2) is 4.39 Å². The van der Waals surface area contributed by atoms with Gasteiger partial charge in [0.05, 0.1) is 6.10 Å². The van der Waals surface area contributed by atoms with Crippen molar-refractivity contribution in [3.8, 4) is 0 Å². The lowest BCUT2D eigenvalue weighted by Gasteiger charge is -2.50. The second-order valence-corrected chi connectivity index (χ2v) is 9.61. The maximum Gasteiger partial charge on any atom is 0.123 e. The zero-order valence-electron chi connectivity index (χ0n) is 17.8. The molecule has 2 heterocycles. The van der Waals surface area contributed by atoms with Gasteiger partial charge in [-0.2, -0.15) is 0 Å². The largest absolute Gasteiger partial charge is 0.391 e. The second kappa shape index (κ2) is 8.41. The Morgan fingerprint density at radius 2 is 1.73 bits per heavy atom. The number of hydrogen-bond acceptors (Lipinski definition) is 3. The van der Waals surface area contributed by atoms with E-state index in [-0.39, 0.29) is 18.0 Å². The average Bonchev–Trinajstić information content (AvgIpc) is 2.78. The summed E-state index contributed by atoms with van der Waals surface area (Å²) >= 11 is 0. The highest BCUT2D eigenvalue weighted by atomic mass is 19.1. The highest BCUT2D eigenvalue weighted by Gasteiger charge is 2.42. The van der Waals surface area contributed by atoms with Crippen LogP contribution < -0.4 is 0 Å². The van der Waals surface area contributed by atoms with Crippen LogP contribution in [0.25, 0.3) is 0 Å². The summed E-state index contributed by atoms with van der Waals surface area (Å²) in [4.78, 5) is 4.97. The minimum Gasteiger partial charge on any atom is -0.391 e. The Morgan fingerprint density at radius 3 is 2.53 bits per heavy atom. The van der Waals surface area contributed by atoms with Crippen LogP contribution in [0.5, 0.6) is 0 Å². The van der Waals surface area contributed by atoms with Crippen LogP contribution in [0.2, 0.25) is 0 Å². The van der Waals surface area contributed by atoms with Crippen LogP contribution in [0.15, 0.2) is 48.5 Å². The maximum atomic E-state index is 13.2. The molecule has 2 saturated heterocycles. The van der Waals surface area contributed by atoms with Crippen molar-refractivity contribution >= 4 is 0 Å². The van der Waals surface area contributed by atoms with E-state index in [9.17, 15) is 9.50 Å². The van der Waals surface area contributed by atoms with Crippen LogP contribution >= 0.6 is 0 Å². The number of benzene rings is 2. The number of rotatable bonds is 3. The Morgan fingerprint density at radius 1 is 0.967 bits per heavy atom. The number of nitrogens with zero attached hydrogens (tertiary/aromatic N) is 2. The monoisotopic (exact) mass is 408 g/mol. The van der Waals surface area contributed by atoms with Crippen molar-refractivity contribution in [1.29, 1.82) is 0 Å². The zero-order valence-corrected chi connectivity index (χ0v) is 17.8. The van der Waals surface area contributed by atoms with Crippen LogP contribution in [0.1, 0.15) is 48.8 Å². The number of aliphatic hydroxyl groups excluding tert-OH is 1. The molecular weight excluding hydrogens is 375 g/mol. The first-order chi connectivity index (χ1) is 14.6. The minimum atomic E-state index is -0.248. The van der Waals surface area contributed by atoms with Crippen molar-refractivity contribution in [2.24, 2.45) is 0 Å². The summed E-state index contributed by atoms with van der Waals surface area (Å²) in [7, 11) is 0. The molecule has 1 spiro atoms. The Labute approximate surface area is 179 Å². The Balaban J connectivity index is 1.25. The topological polar surface area (TPSA) is 26.7 Å². The van der Waals surface area contributed by atoms with Gasteiger partial charge in [0.25, 0.3) is 0 Å². The van der Waals surface area contributed by atoms with Gasteiger partial charge >= 0.3 is 0 Å². The van der Waals surface area contributed by atoms with Gasteiger partial charge in [-0.05, 0) is 85.9 Å². The van der Waals surface area contributed by atoms with Gasteiger partial charge in [-0.3, -0.25) is 9.80 Å². The van der Waals surface area contributed by atoms with E-state index in [4.69, 9.17) is 0 Å². The molecule has 2 unspecified atom stereocenters. The Kier molecular flexibility index (Phi) is 5.65. The van der Waals surface area contributed by atoms with E-state index < -0.39 is 0 Å². The summed E-state index contributed by atoms with van der Waals surface area (Å²) in [6, 6.07) is 16.1. The molecule has 1 N–H and O–H groups in total. The van der Waals surface area contributed by atoms with E-state index in [1.807, 2.05) is 12.1 Å². The van der Waals surface area contributed by atoms with E-state index >= 15 is 0 Å².